The zero-order chi connectivity index (χ0) is 14.0. The molecule has 0 spiro atoms. The lowest BCUT2D eigenvalue weighted by molar-refractivity contribution is -0.154. The average Bonchev–Trinajstić information content (AvgIpc) is 2.34. The summed E-state index contributed by atoms with van der Waals surface area (Å²) in [6.45, 7) is 3.56. The Kier molecular flexibility index (Phi) is 8.17. The van der Waals surface area contributed by atoms with Gasteiger partial charge >= 0.3 is 17.8 Å². The Morgan fingerprint density at radius 1 is 0.944 bits per heavy atom. The van der Waals surface area contributed by atoms with E-state index in [2.05, 4.69) is 14.8 Å². The molecule has 0 unspecified atom stereocenters. The fourth-order valence-corrected chi connectivity index (χ4v) is 1.03. The van der Waals surface area contributed by atoms with Crippen LogP contribution in [-0.2, 0) is 28.7 Å². The molecule has 0 aliphatic rings. The number of esters is 2. The van der Waals surface area contributed by atoms with Crippen LogP contribution in [0.4, 0.5) is 0 Å². The molecule has 0 radical (unpaired) electrons. The van der Waals surface area contributed by atoms with Crippen molar-refractivity contribution in [3.8, 4) is 0 Å². The van der Waals surface area contributed by atoms with Crippen LogP contribution in [0.1, 0.15) is 26.7 Å². The molecule has 7 heteroatoms. The van der Waals surface area contributed by atoms with Crippen LogP contribution in [-0.4, -0.2) is 43.4 Å². The van der Waals surface area contributed by atoms with Crippen molar-refractivity contribution in [3.63, 3.8) is 0 Å². The molecule has 1 amide bonds. The summed E-state index contributed by atoms with van der Waals surface area (Å²) < 4.78 is 8.96. The Morgan fingerprint density at radius 3 is 2.06 bits per heavy atom. The first-order chi connectivity index (χ1) is 8.52. The van der Waals surface area contributed by atoms with Gasteiger partial charge in [0, 0.05) is 13.0 Å². The van der Waals surface area contributed by atoms with Gasteiger partial charge in [-0.2, -0.15) is 0 Å². The number of nitrogens with one attached hydrogen (secondary N) is 1. The van der Waals surface area contributed by atoms with E-state index in [-0.39, 0.29) is 32.6 Å². The summed E-state index contributed by atoms with van der Waals surface area (Å²) in [5, 5.41) is 2.28. The molecule has 1 N–H and O–H groups in total. The minimum absolute atomic E-state index is 0.0397. The third-order valence-corrected chi connectivity index (χ3v) is 1.83. The summed E-state index contributed by atoms with van der Waals surface area (Å²) in [6.07, 6.45) is 0.213. The van der Waals surface area contributed by atoms with Crippen LogP contribution in [0.3, 0.4) is 0 Å². The number of ether oxygens (including phenoxy) is 2. The molecule has 0 aromatic rings. The predicted octanol–water partition coefficient (Wildman–Crippen LogP) is -0.422. The van der Waals surface area contributed by atoms with Crippen LogP contribution in [0.5, 0.6) is 0 Å². The van der Waals surface area contributed by atoms with Gasteiger partial charge in [-0.1, -0.05) is 0 Å². The van der Waals surface area contributed by atoms with E-state index < -0.39 is 23.6 Å². The molecule has 102 valence electrons. The highest BCUT2D eigenvalue weighted by atomic mass is 16.5. The molecule has 7 nitrogen and oxygen atoms in total. The molecule has 0 aliphatic carbocycles. The molecule has 0 saturated carbocycles. The van der Waals surface area contributed by atoms with Gasteiger partial charge < -0.3 is 14.8 Å². The van der Waals surface area contributed by atoms with Gasteiger partial charge in [-0.25, -0.2) is 9.59 Å². The quantitative estimate of drug-likeness (QED) is 0.378. The van der Waals surface area contributed by atoms with Gasteiger partial charge in [0.05, 0.1) is 13.2 Å². The smallest absolute Gasteiger partial charge is 0.396 e. The third kappa shape index (κ3) is 6.62. The maximum absolute atomic E-state index is 11.1. The maximum atomic E-state index is 11.1. The molecule has 0 aliphatic heterocycles. The van der Waals surface area contributed by atoms with Crippen LogP contribution >= 0.6 is 0 Å². The van der Waals surface area contributed by atoms with Crippen molar-refractivity contribution in [1.82, 2.24) is 5.32 Å². The number of Topliss-reactive ketones (excluding diaryl/α,β-unsaturated/α-hetero) is 1. The topological polar surface area (TPSA) is 98.8 Å². The number of hydrogen-bond donors (Lipinski definition) is 1. The highest BCUT2D eigenvalue weighted by Gasteiger charge is 2.16. The van der Waals surface area contributed by atoms with E-state index in [1.54, 1.807) is 13.8 Å². The van der Waals surface area contributed by atoms with Gasteiger partial charge in [0.1, 0.15) is 0 Å². The zero-order valence-electron chi connectivity index (χ0n) is 10.5. The number of hydrogen-bond acceptors (Lipinski definition) is 6. The second-order valence-electron chi connectivity index (χ2n) is 3.22. The van der Waals surface area contributed by atoms with Crippen LogP contribution in [0.2, 0.25) is 0 Å². The lowest BCUT2D eigenvalue weighted by Gasteiger charge is -2.04. The van der Waals surface area contributed by atoms with E-state index in [0.29, 0.717) is 0 Å². The minimum atomic E-state index is -0.964. The first-order valence-electron chi connectivity index (χ1n) is 5.67. The maximum Gasteiger partial charge on any atom is 0.396 e. The Morgan fingerprint density at radius 2 is 1.50 bits per heavy atom. The van der Waals surface area contributed by atoms with E-state index >= 15 is 0 Å². The Labute approximate surface area is 105 Å². The largest absolute Gasteiger partial charge is 0.460 e. The molecule has 0 aromatic heterocycles. The second kappa shape index (κ2) is 9.15. The zero-order valence-corrected chi connectivity index (χ0v) is 10.5. The molecule has 0 rings (SSSR count). The first kappa shape index (κ1) is 16.1. The van der Waals surface area contributed by atoms with Crippen molar-refractivity contribution in [2.24, 2.45) is 0 Å². The summed E-state index contributed by atoms with van der Waals surface area (Å²) in [4.78, 5) is 44.0. The summed E-state index contributed by atoms with van der Waals surface area (Å²) in [5.41, 5.74) is 0. The van der Waals surface area contributed by atoms with E-state index in [1.807, 2.05) is 0 Å². The van der Waals surface area contributed by atoms with Crippen molar-refractivity contribution in [2.75, 3.05) is 19.8 Å². The number of carbonyl (C=O) groups excluding carboxylic acids is 4. The molecule has 18 heavy (non-hydrogen) atoms. The Balaban J connectivity index is 3.73. The molecular formula is C11H17NO6. The number of ketones is 1. The number of amides is 1. The van der Waals surface area contributed by atoms with Gasteiger partial charge in [-0.3, -0.25) is 9.59 Å². The molecule has 0 saturated heterocycles. The van der Waals surface area contributed by atoms with Gasteiger partial charge in [-0.05, 0) is 20.3 Å². The fourth-order valence-electron chi connectivity index (χ4n) is 1.03. The molecule has 0 atom stereocenters. The van der Waals surface area contributed by atoms with E-state index in [0.717, 1.165) is 0 Å². The van der Waals surface area contributed by atoms with Crippen molar-refractivity contribution in [3.05, 3.63) is 0 Å². The average molecular weight is 259 g/mol. The predicted molar refractivity (Wildman–Crippen MR) is 60.5 cm³/mol. The lowest BCUT2D eigenvalue weighted by Crippen LogP contribution is -2.33. The van der Waals surface area contributed by atoms with Gasteiger partial charge in [0.15, 0.2) is 0 Å². The standard InChI is InChI=1S/C11H17NO6/c1-3-17-10(15)8(13)6-5-7-12-9(14)11(16)18-4-2/h3-7H2,1-2H3,(H,12,14). The summed E-state index contributed by atoms with van der Waals surface area (Å²) in [6, 6.07) is 0. The van der Waals surface area contributed by atoms with E-state index in [4.69, 9.17) is 0 Å². The van der Waals surface area contributed by atoms with E-state index in [1.165, 1.54) is 0 Å². The van der Waals surface area contributed by atoms with Crippen LogP contribution in [0, 0.1) is 0 Å². The lowest BCUT2D eigenvalue weighted by atomic mass is 10.2. The molecule has 0 heterocycles. The molecule has 0 bridgehead atoms. The Bertz CT molecular complexity index is 293. The summed E-state index contributed by atoms with van der Waals surface area (Å²) in [5.74, 6) is -3.36. The SMILES string of the molecule is CCOC(=O)C(=O)CCCNC(=O)C(=O)OCC. The highest BCUT2D eigenvalue weighted by Crippen LogP contribution is 1.93. The van der Waals surface area contributed by atoms with Crippen molar-refractivity contribution >= 4 is 23.6 Å². The van der Waals surface area contributed by atoms with Crippen molar-refractivity contribution < 1.29 is 28.7 Å². The van der Waals surface area contributed by atoms with Crippen LogP contribution in [0.15, 0.2) is 0 Å². The number of carbonyl (C=O) groups is 4. The monoisotopic (exact) mass is 259 g/mol. The van der Waals surface area contributed by atoms with Crippen molar-refractivity contribution in [1.29, 1.82) is 0 Å². The van der Waals surface area contributed by atoms with Gasteiger partial charge in [0.2, 0.25) is 5.78 Å². The summed E-state index contributed by atoms with van der Waals surface area (Å²) >= 11 is 0. The molecule has 0 fully saturated rings. The fraction of sp³-hybridized carbons (Fsp3) is 0.636. The van der Waals surface area contributed by atoms with Crippen LogP contribution in [0.25, 0.3) is 0 Å². The first-order valence-corrected chi connectivity index (χ1v) is 5.67. The van der Waals surface area contributed by atoms with E-state index in [9.17, 15) is 19.2 Å². The highest BCUT2D eigenvalue weighted by molar-refractivity contribution is 6.33. The number of rotatable bonds is 7. The third-order valence-electron chi connectivity index (χ3n) is 1.83. The van der Waals surface area contributed by atoms with Gasteiger partial charge in [0.25, 0.3) is 0 Å². The van der Waals surface area contributed by atoms with Crippen LogP contribution < -0.4 is 5.32 Å². The van der Waals surface area contributed by atoms with Gasteiger partial charge in [-0.15, -0.1) is 0 Å². The second-order valence-corrected chi connectivity index (χ2v) is 3.22. The van der Waals surface area contributed by atoms with Crippen molar-refractivity contribution in [2.45, 2.75) is 26.7 Å². The normalized spacial score (nSPS) is 9.44. The molecule has 0 aromatic carbocycles. The minimum Gasteiger partial charge on any atom is -0.460 e. The summed E-state index contributed by atoms with van der Waals surface area (Å²) in [7, 11) is 0. The Hall–Kier alpha value is -1.92. The molecular weight excluding hydrogens is 242 g/mol.